The van der Waals surface area contributed by atoms with Crippen LogP contribution in [0.5, 0.6) is 0 Å². The largest absolute Gasteiger partial charge is 0.365 e. The third kappa shape index (κ3) is 3.80. The van der Waals surface area contributed by atoms with Crippen LogP contribution in [0.3, 0.4) is 0 Å². The summed E-state index contributed by atoms with van der Waals surface area (Å²) in [5.74, 6) is 1.68. The molecule has 0 amide bonds. The third-order valence-corrected chi connectivity index (χ3v) is 6.71. The number of pyridine rings is 1. The van der Waals surface area contributed by atoms with Gasteiger partial charge in [-0.1, -0.05) is 24.3 Å². The number of aromatic nitrogens is 3. The maximum Gasteiger partial charge on any atom is 0.164 e. The molecule has 1 aliphatic rings. The average molecular weight is 417 g/mol. The summed E-state index contributed by atoms with van der Waals surface area (Å²) >= 11 is 1.82. The van der Waals surface area contributed by atoms with Crippen LogP contribution in [0.1, 0.15) is 28.0 Å². The molecule has 0 unspecified atom stereocenters. The minimum atomic E-state index is 0.738. The number of anilines is 1. The van der Waals surface area contributed by atoms with E-state index < -0.39 is 0 Å². The van der Waals surface area contributed by atoms with Crippen LogP contribution in [-0.4, -0.2) is 29.0 Å². The van der Waals surface area contributed by atoms with E-state index in [0.717, 1.165) is 48.0 Å². The van der Waals surface area contributed by atoms with Gasteiger partial charge in [0.25, 0.3) is 0 Å². The topological polar surface area (TPSA) is 55.1 Å². The maximum atomic E-state index is 4.93. The van der Waals surface area contributed by atoms with Crippen LogP contribution in [-0.2, 0) is 25.9 Å². The van der Waals surface area contributed by atoms with E-state index in [2.05, 4.69) is 48.7 Å². The third-order valence-electron chi connectivity index (χ3n) is 5.53. The van der Waals surface area contributed by atoms with E-state index in [1.807, 2.05) is 29.7 Å². The van der Waals surface area contributed by atoms with Crippen molar-refractivity contribution in [3.63, 3.8) is 0 Å². The first-order valence-corrected chi connectivity index (χ1v) is 11.3. The lowest BCUT2D eigenvalue weighted by molar-refractivity contribution is -0.872. The summed E-state index contributed by atoms with van der Waals surface area (Å²) in [6.07, 6.45) is 7.13. The van der Waals surface area contributed by atoms with Gasteiger partial charge in [0.2, 0.25) is 0 Å². The van der Waals surface area contributed by atoms with E-state index in [4.69, 9.17) is 9.97 Å². The van der Waals surface area contributed by atoms with Crippen LogP contribution in [0, 0.1) is 0 Å². The Morgan fingerprint density at radius 1 is 1.03 bits per heavy atom. The first-order valence-electron chi connectivity index (χ1n) is 10.5. The van der Waals surface area contributed by atoms with Crippen LogP contribution in [0.2, 0.25) is 0 Å². The zero-order chi connectivity index (χ0) is 20.5. The number of nitrogens with zero attached hydrogens (tertiary/aromatic N) is 3. The molecular weight excluding hydrogens is 390 g/mol. The zero-order valence-electron chi connectivity index (χ0n) is 17.4. The Balaban J connectivity index is 1.48. The lowest BCUT2D eigenvalue weighted by Crippen LogP contribution is -3.04. The van der Waals surface area contributed by atoms with Crippen LogP contribution in [0.25, 0.3) is 21.6 Å². The van der Waals surface area contributed by atoms with Gasteiger partial charge in [0.05, 0.1) is 19.5 Å². The molecule has 1 aliphatic carbocycles. The van der Waals surface area contributed by atoms with Crippen molar-refractivity contribution in [2.45, 2.75) is 32.4 Å². The summed E-state index contributed by atoms with van der Waals surface area (Å²) in [7, 11) is 4.35. The number of hydrogen-bond donors (Lipinski definition) is 2. The number of quaternary nitrogens is 1. The van der Waals surface area contributed by atoms with Gasteiger partial charge in [0, 0.05) is 34.9 Å². The molecule has 0 radical (unpaired) electrons. The molecule has 0 aliphatic heterocycles. The number of benzene rings is 1. The molecule has 5 nitrogen and oxygen atoms in total. The quantitative estimate of drug-likeness (QED) is 0.505. The van der Waals surface area contributed by atoms with Crippen LogP contribution >= 0.6 is 11.3 Å². The number of hydrogen-bond acceptors (Lipinski definition) is 5. The number of thiophene rings is 1. The second kappa shape index (κ2) is 8.13. The van der Waals surface area contributed by atoms with Crippen molar-refractivity contribution in [2.75, 3.05) is 19.4 Å². The molecule has 6 heteroatoms. The standard InChI is InChI=1S/C24H25N5S/c1-29(2)15-17-10-8-16(9-11-17)13-26-23-21-19-6-3-7-20(19)30-24(21)28-22(27-23)18-5-4-12-25-14-18/h4-5,8-12,14H,3,6-7,13,15H2,1-2H3,(H,26,27,28)/p+1. The molecule has 152 valence electrons. The Bertz CT molecular complexity index is 1170. The summed E-state index contributed by atoms with van der Waals surface area (Å²) in [6, 6.07) is 12.8. The Morgan fingerprint density at radius 2 is 1.87 bits per heavy atom. The van der Waals surface area contributed by atoms with Gasteiger partial charge in [-0.3, -0.25) is 4.98 Å². The van der Waals surface area contributed by atoms with Gasteiger partial charge in [0.1, 0.15) is 17.2 Å². The van der Waals surface area contributed by atoms with Gasteiger partial charge in [-0.05, 0) is 42.5 Å². The normalized spacial score (nSPS) is 13.2. The van der Waals surface area contributed by atoms with E-state index in [9.17, 15) is 0 Å². The van der Waals surface area contributed by atoms with Gasteiger partial charge in [-0.25, -0.2) is 9.97 Å². The summed E-state index contributed by atoms with van der Waals surface area (Å²) in [5, 5.41) is 4.84. The van der Waals surface area contributed by atoms with Gasteiger partial charge in [-0.15, -0.1) is 11.3 Å². The molecule has 3 heterocycles. The van der Waals surface area contributed by atoms with Crippen molar-refractivity contribution in [2.24, 2.45) is 0 Å². The highest BCUT2D eigenvalue weighted by Gasteiger charge is 2.22. The van der Waals surface area contributed by atoms with E-state index in [0.29, 0.717) is 0 Å². The molecule has 0 fully saturated rings. The molecule has 30 heavy (non-hydrogen) atoms. The average Bonchev–Trinajstić information content (AvgIpc) is 3.34. The van der Waals surface area contributed by atoms with Crippen molar-refractivity contribution >= 4 is 27.4 Å². The number of fused-ring (bicyclic) bond motifs is 3. The van der Waals surface area contributed by atoms with Crippen molar-refractivity contribution in [1.82, 2.24) is 15.0 Å². The Morgan fingerprint density at radius 3 is 2.63 bits per heavy atom. The minimum Gasteiger partial charge on any atom is -0.365 e. The molecule has 0 bridgehead atoms. The fraction of sp³-hybridized carbons (Fsp3) is 0.292. The molecule has 2 N–H and O–H groups in total. The summed E-state index contributed by atoms with van der Waals surface area (Å²) in [5.41, 5.74) is 5.01. The molecule has 5 rings (SSSR count). The van der Waals surface area contributed by atoms with Gasteiger partial charge >= 0.3 is 0 Å². The summed E-state index contributed by atoms with van der Waals surface area (Å²) in [6.45, 7) is 1.79. The van der Waals surface area contributed by atoms with E-state index in [-0.39, 0.29) is 0 Å². The molecule has 3 aromatic heterocycles. The lowest BCUT2D eigenvalue weighted by atomic mass is 10.1. The smallest absolute Gasteiger partial charge is 0.164 e. The van der Waals surface area contributed by atoms with Crippen LogP contribution in [0.4, 0.5) is 5.82 Å². The molecule has 0 spiro atoms. The molecule has 0 saturated carbocycles. The molecular formula is C24H26N5S+. The SMILES string of the molecule is C[NH+](C)Cc1ccc(CNc2nc(-c3cccnc3)nc3sc4c(c23)CCC4)cc1. The summed E-state index contributed by atoms with van der Waals surface area (Å²) < 4.78 is 0. The van der Waals surface area contributed by atoms with E-state index in [1.54, 1.807) is 6.20 Å². The second-order valence-electron chi connectivity index (χ2n) is 8.23. The highest BCUT2D eigenvalue weighted by molar-refractivity contribution is 7.19. The van der Waals surface area contributed by atoms with Gasteiger partial charge < -0.3 is 10.2 Å². The summed E-state index contributed by atoms with van der Waals surface area (Å²) in [4.78, 5) is 18.1. The van der Waals surface area contributed by atoms with Crippen LogP contribution < -0.4 is 10.2 Å². The Labute approximate surface area is 180 Å². The van der Waals surface area contributed by atoms with Gasteiger partial charge in [0.15, 0.2) is 5.82 Å². The predicted molar refractivity (Wildman–Crippen MR) is 123 cm³/mol. The number of rotatable bonds is 6. The van der Waals surface area contributed by atoms with Crippen molar-refractivity contribution in [3.8, 4) is 11.4 Å². The Kier molecular flexibility index (Phi) is 5.19. The monoisotopic (exact) mass is 416 g/mol. The van der Waals surface area contributed by atoms with Gasteiger partial charge in [-0.2, -0.15) is 0 Å². The van der Waals surface area contributed by atoms with Crippen molar-refractivity contribution < 1.29 is 4.90 Å². The fourth-order valence-corrected chi connectivity index (χ4v) is 5.38. The highest BCUT2D eigenvalue weighted by atomic mass is 32.1. The van der Waals surface area contributed by atoms with Crippen molar-refractivity contribution in [3.05, 3.63) is 70.4 Å². The highest BCUT2D eigenvalue weighted by Crippen LogP contribution is 2.40. The molecule has 0 saturated heterocycles. The first-order chi connectivity index (χ1) is 14.7. The maximum absolute atomic E-state index is 4.93. The van der Waals surface area contributed by atoms with E-state index >= 15 is 0 Å². The number of nitrogens with one attached hydrogen (secondary N) is 2. The van der Waals surface area contributed by atoms with E-state index in [1.165, 1.54) is 38.3 Å². The first kappa shape index (κ1) is 19.2. The zero-order valence-corrected chi connectivity index (χ0v) is 18.2. The van der Waals surface area contributed by atoms with Crippen molar-refractivity contribution in [1.29, 1.82) is 0 Å². The fourth-order valence-electron chi connectivity index (χ4n) is 4.12. The molecule has 4 aromatic rings. The number of aryl methyl sites for hydroxylation is 2. The predicted octanol–water partition coefficient (Wildman–Crippen LogP) is 3.50. The molecule has 0 atom stereocenters. The second-order valence-corrected chi connectivity index (χ2v) is 9.31. The Hall–Kier alpha value is -2.83. The van der Waals surface area contributed by atoms with Crippen LogP contribution in [0.15, 0.2) is 48.8 Å². The molecule has 1 aromatic carbocycles. The minimum absolute atomic E-state index is 0.738. The lowest BCUT2D eigenvalue weighted by Gasteiger charge is -2.11.